The lowest BCUT2D eigenvalue weighted by molar-refractivity contribution is -0.120. The molecular weight excluding hydrogens is 251 g/mol. The van der Waals surface area contributed by atoms with Gasteiger partial charge in [-0.15, -0.1) is 11.8 Å². The molecule has 1 amide bonds. The fourth-order valence-electron chi connectivity index (χ4n) is 1.89. The molecule has 1 fully saturated rings. The maximum Gasteiger partial charge on any atom is 0.233 e. The van der Waals surface area contributed by atoms with Crippen LogP contribution in [0.1, 0.15) is 24.8 Å². The van der Waals surface area contributed by atoms with Crippen LogP contribution in [0.5, 0.6) is 0 Å². The molecule has 1 atom stereocenters. The molecule has 94 valence electrons. The Morgan fingerprint density at radius 2 is 2.28 bits per heavy atom. The Hall–Kier alpha value is -1.54. The van der Waals surface area contributed by atoms with Crippen LogP contribution in [-0.4, -0.2) is 17.7 Å². The van der Waals surface area contributed by atoms with Crippen molar-refractivity contribution in [3.05, 3.63) is 29.6 Å². The lowest BCUT2D eigenvalue weighted by Crippen LogP contribution is -2.30. The number of hydrogen-bond acceptors (Lipinski definition) is 3. The van der Waals surface area contributed by atoms with Gasteiger partial charge in [0, 0.05) is 11.4 Å². The first-order valence-corrected chi connectivity index (χ1v) is 6.73. The molecule has 0 radical (unpaired) electrons. The van der Waals surface area contributed by atoms with Gasteiger partial charge in [0.05, 0.1) is 5.25 Å². The lowest BCUT2D eigenvalue weighted by Gasteiger charge is -2.13. The van der Waals surface area contributed by atoms with E-state index in [1.807, 2.05) is 6.07 Å². The zero-order valence-electron chi connectivity index (χ0n) is 9.78. The van der Waals surface area contributed by atoms with Crippen molar-refractivity contribution in [3.8, 4) is 6.07 Å². The van der Waals surface area contributed by atoms with Gasteiger partial charge in [-0.1, -0.05) is 12.5 Å². The minimum absolute atomic E-state index is 0.0225. The second-order valence-electron chi connectivity index (χ2n) is 4.12. The number of benzene rings is 1. The number of hydrogen-bond donors (Lipinski definition) is 1. The first-order valence-electron chi connectivity index (χ1n) is 5.85. The van der Waals surface area contributed by atoms with Gasteiger partial charge in [-0.25, -0.2) is 4.39 Å². The van der Waals surface area contributed by atoms with E-state index in [4.69, 9.17) is 5.26 Å². The smallest absolute Gasteiger partial charge is 0.233 e. The molecule has 1 saturated heterocycles. The summed E-state index contributed by atoms with van der Waals surface area (Å²) in [6, 6.07) is 6.36. The van der Waals surface area contributed by atoms with E-state index in [-0.39, 0.29) is 16.7 Å². The Balaban J connectivity index is 2.20. The van der Waals surface area contributed by atoms with Crippen molar-refractivity contribution < 1.29 is 9.18 Å². The van der Waals surface area contributed by atoms with Gasteiger partial charge in [0.15, 0.2) is 0 Å². The zero-order chi connectivity index (χ0) is 13.0. The molecule has 1 aromatic carbocycles. The minimum Gasteiger partial charge on any atom is -0.355 e. The number of carbonyl (C=O) groups is 1. The Morgan fingerprint density at radius 1 is 1.44 bits per heavy atom. The van der Waals surface area contributed by atoms with Crippen molar-refractivity contribution in [2.24, 2.45) is 0 Å². The number of nitriles is 1. The van der Waals surface area contributed by atoms with E-state index in [1.54, 1.807) is 12.1 Å². The molecule has 0 aliphatic carbocycles. The molecule has 0 unspecified atom stereocenters. The molecule has 1 aromatic rings. The zero-order valence-corrected chi connectivity index (χ0v) is 10.6. The van der Waals surface area contributed by atoms with Crippen LogP contribution in [0.25, 0.3) is 0 Å². The predicted molar refractivity (Wildman–Crippen MR) is 67.6 cm³/mol. The minimum atomic E-state index is -0.531. The highest BCUT2D eigenvalue weighted by Crippen LogP contribution is 2.31. The van der Waals surface area contributed by atoms with E-state index < -0.39 is 5.82 Å². The van der Waals surface area contributed by atoms with Crippen molar-refractivity contribution in [1.82, 2.24) is 5.32 Å². The largest absolute Gasteiger partial charge is 0.355 e. The number of rotatable bonds is 2. The van der Waals surface area contributed by atoms with Crippen LogP contribution < -0.4 is 5.32 Å². The number of halogens is 1. The fourth-order valence-corrected chi connectivity index (χ4v) is 3.09. The maximum absolute atomic E-state index is 13.4. The first kappa shape index (κ1) is 12.9. The van der Waals surface area contributed by atoms with Gasteiger partial charge in [0.2, 0.25) is 5.91 Å². The third-order valence-electron chi connectivity index (χ3n) is 2.84. The number of nitrogens with zero attached hydrogens (tertiary/aromatic N) is 1. The predicted octanol–water partition coefficient (Wildman–Crippen LogP) is 2.46. The summed E-state index contributed by atoms with van der Waals surface area (Å²) >= 11 is 1.28. The van der Waals surface area contributed by atoms with Crippen LogP contribution in [-0.2, 0) is 4.79 Å². The Morgan fingerprint density at radius 3 is 3.06 bits per heavy atom. The fraction of sp³-hybridized carbons (Fsp3) is 0.385. The van der Waals surface area contributed by atoms with Crippen molar-refractivity contribution in [2.45, 2.75) is 29.4 Å². The molecule has 0 spiro atoms. The topological polar surface area (TPSA) is 52.9 Å². The normalized spacial score (nSPS) is 19.8. The Bertz CT molecular complexity index is 498. The van der Waals surface area contributed by atoms with Gasteiger partial charge in [-0.3, -0.25) is 4.79 Å². The van der Waals surface area contributed by atoms with Crippen LogP contribution in [0, 0.1) is 17.1 Å². The lowest BCUT2D eigenvalue weighted by atomic mass is 10.2. The summed E-state index contributed by atoms with van der Waals surface area (Å²) in [5.41, 5.74) is 0.0274. The monoisotopic (exact) mass is 264 g/mol. The number of amides is 1. The molecule has 1 N–H and O–H groups in total. The molecule has 1 aliphatic heterocycles. The summed E-state index contributed by atoms with van der Waals surface area (Å²) in [5.74, 6) is -0.554. The third-order valence-corrected chi connectivity index (χ3v) is 4.17. The van der Waals surface area contributed by atoms with Gasteiger partial charge in [-0.2, -0.15) is 5.26 Å². The molecule has 0 saturated carbocycles. The van der Waals surface area contributed by atoms with E-state index in [2.05, 4.69) is 5.32 Å². The van der Waals surface area contributed by atoms with E-state index in [0.717, 1.165) is 19.3 Å². The van der Waals surface area contributed by atoms with Crippen molar-refractivity contribution in [1.29, 1.82) is 5.26 Å². The quantitative estimate of drug-likeness (QED) is 0.892. The first-order chi connectivity index (χ1) is 8.72. The van der Waals surface area contributed by atoms with E-state index in [0.29, 0.717) is 11.4 Å². The molecule has 5 heteroatoms. The molecule has 0 aromatic heterocycles. The summed E-state index contributed by atoms with van der Waals surface area (Å²) in [6.45, 7) is 0.699. The maximum atomic E-state index is 13.4. The van der Waals surface area contributed by atoms with Gasteiger partial charge >= 0.3 is 0 Å². The SMILES string of the molecule is N#Cc1c(F)cccc1S[C@@H]1CCCCNC1=O. The van der Waals surface area contributed by atoms with Crippen LogP contribution in [0.3, 0.4) is 0 Å². The Kier molecular flexibility index (Phi) is 4.21. The van der Waals surface area contributed by atoms with Crippen molar-refractivity contribution >= 4 is 17.7 Å². The van der Waals surface area contributed by atoms with Gasteiger partial charge in [0.1, 0.15) is 17.4 Å². The van der Waals surface area contributed by atoms with Gasteiger partial charge < -0.3 is 5.32 Å². The summed E-state index contributed by atoms with van der Waals surface area (Å²) in [4.78, 5) is 12.3. The average molecular weight is 264 g/mol. The van der Waals surface area contributed by atoms with E-state index in [1.165, 1.54) is 17.8 Å². The molecule has 1 aliphatic rings. The average Bonchev–Trinajstić information content (AvgIpc) is 2.55. The van der Waals surface area contributed by atoms with Crippen molar-refractivity contribution in [2.75, 3.05) is 6.54 Å². The van der Waals surface area contributed by atoms with Crippen LogP contribution in [0.4, 0.5) is 4.39 Å². The van der Waals surface area contributed by atoms with Crippen LogP contribution in [0.15, 0.2) is 23.1 Å². The highest BCUT2D eigenvalue weighted by molar-refractivity contribution is 8.00. The number of nitrogens with one attached hydrogen (secondary N) is 1. The summed E-state index contributed by atoms with van der Waals surface area (Å²) < 4.78 is 13.4. The molecule has 3 nitrogen and oxygen atoms in total. The van der Waals surface area contributed by atoms with E-state index >= 15 is 0 Å². The van der Waals surface area contributed by atoms with Crippen molar-refractivity contribution in [3.63, 3.8) is 0 Å². The highest BCUT2D eigenvalue weighted by Gasteiger charge is 2.23. The Labute approximate surface area is 109 Å². The molecule has 18 heavy (non-hydrogen) atoms. The van der Waals surface area contributed by atoms with Gasteiger partial charge in [0.25, 0.3) is 0 Å². The van der Waals surface area contributed by atoms with Crippen LogP contribution >= 0.6 is 11.8 Å². The molecular formula is C13H13FN2OS. The molecule has 0 bridgehead atoms. The third kappa shape index (κ3) is 2.82. The summed E-state index contributed by atoms with van der Waals surface area (Å²) in [5, 5.41) is 11.5. The molecule has 2 rings (SSSR count). The van der Waals surface area contributed by atoms with Crippen LogP contribution in [0.2, 0.25) is 0 Å². The second-order valence-corrected chi connectivity index (χ2v) is 5.36. The number of thioether (sulfide) groups is 1. The number of carbonyl (C=O) groups excluding carboxylic acids is 1. The van der Waals surface area contributed by atoms with E-state index in [9.17, 15) is 9.18 Å². The standard InChI is InChI=1S/C13H13FN2OS/c14-10-4-3-6-11(9(10)8-15)18-12-5-1-2-7-16-13(12)17/h3-4,6,12H,1-2,5,7H2,(H,16,17)/t12-/m1/s1. The second kappa shape index (κ2) is 5.87. The highest BCUT2D eigenvalue weighted by atomic mass is 32.2. The van der Waals surface area contributed by atoms with Gasteiger partial charge in [-0.05, 0) is 25.0 Å². The summed E-state index contributed by atoms with van der Waals surface area (Å²) in [7, 11) is 0. The molecule has 1 heterocycles. The summed E-state index contributed by atoms with van der Waals surface area (Å²) in [6.07, 6.45) is 2.70.